The summed E-state index contributed by atoms with van der Waals surface area (Å²) < 4.78 is 0. The minimum atomic E-state index is 0.629. The number of hydrogen-bond donors (Lipinski definition) is 1. The van der Waals surface area contributed by atoms with E-state index in [4.69, 9.17) is 10.7 Å². The number of aromatic nitrogens is 2. The van der Waals surface area contributed by atoms with Gasteiger partial charge >= 0.3 is 0 Å². The molecule has 2 N–H and O–H groups in total. The summed E-state index contributed by atoms with van der Waals surface area (Å²) in [5.41, 5.74) is 7.94. The molecule has 20 heavy (non-hydrogen) atoms. The molecule has 0 fully saturated rings. The van der Waals surface area contributed by atoms with Gasteiger partial charge in [0.2, 0.25) is 0 Å². The van der Waals surface area contributed by atoms with Crippen LogP contribution in [0, 0.1) is 0 Å². The lowest BCUT2D eigenvalue weighted by Gasteiger charge is -2.09. The van der Waals surface area contributed by atoms with Gasteiger partial charge in [0.05, 0.1) is 5.52 Å². The summed E-state index contributed by atoms with van der Waals surface area (Å²) in [6, 6.07) is 14.4. The van der Waals surface area contributed by atoms with Crippen LogP contribution in [-0.4, -0.2) is 16.5 Å². The molecule has 0 aliphatic heterocycles. The third-order valence-corrected chi connectivity index (χ3v) is 4.10. The molecule has 0 aliphatic carbocycles. The normalized spacial score (nSPS) is 10.8. The summed E-state index contributed by atoms with van der Waals surface area (Å²) in [6.07, 6.45) is 4.43. The highest BCUT2D eigenvalue weighted by atomic mass is 32.2. The minimum Gasteiger partial charge on any atom is -0.330 e. The Bertz CT molecular complexity index is 713. The SMILES string of the molecule is NCCc1cc2ccccc2nc1Sc1ccncc1. The van der Waals surface area contributed by atoms with Crippen LogP contribution in [0.4, 0.5) is 0 Å². The van der Waals surface area contributed by atoms with Gasteiger partial charge in [0.25, 0.3) is 0 Å². The van der Waals surface area contributed by atoms with Crippen molar-refractivity contribution in [1.29, 1.82) is 0 Å². The Morgan fingerprint density at radius 1 is 1.05 bits per heavy atom. The molecule has 2 aromatic heterocycles. The van der Waals surface area contributed by atoms with Crippen LogP contribution in [-0.2, 0) is 6.42 Å². The van der Waals surface area contributed by atoms with Crippen LogP contribution in [0.25, 0.3) is 10.9 Å². The van der Waals surface area contributed by atoms with Gasteiger partial charge in [-0.3, -0.25) is 4.98 Å². The second kappa shape index (κ2) is 6.03. The van der Waals surface area contributed by atoms with E-state index in [1.165, 1.54) is 5.56 Å². The summed E-state index contributed by atoms with van der Waals surface area (Å²) in [7, 11) is 0. The lowest BCUT2D eigenvalue weighted by Crippen LogP contribution is -2.04. The Morgan fingerprint density at radius 2 is 1.85 bits per heavy atom. The topological polar surface area (TPSA) is 51.8 Å². The second-order valence-electron chi connectivity index (χ2n) is 4.47. The molecule has 0 spiro atoms. The van der Waals surface area contributed by atoms with E-state index in [9.17, 15) is 0 Å². The van der Waals surface area contributed by atoms with Crippen LogP contribution in [0.5, 0.6) is 0 Å². The number of benzene rings is 1. The first-order chi connectivity index (χ1) is 9.86. The highest BCUT2D eigenvalue weighted by Gasteiger charge is 2.08. The average Bonchev–Trinajstić information content (AvgIpc) is 2.49. The van der Waals surface area contributed by atoms with Crippen molar-refractivity contribution in [1.82, 2.24) is 9.97 Å². The fraction of sp³-hybridized carbons (Fsp3) is 0.125. The van der Waals surface area contributed by atoms with Crippen LogP contribution < -0.4 is 5.73 Å². The highest BCUT2D eigenvalue weighted by molar-refractivity contribution is 7.99. The Kier molecular flexibility index (Phi) is 3.95. The Labute approximate surface area is 122 Å². The van der Waals surface area contributed by atoms with Crippen LogP contribution >= 0.6 is 11.8 Å². The number of nitrogens with two attached hydrogens (primary N) is 1. The van der Waals surface area contributed by atoms with Gasteiger partial charge in [-0.1, -0.05) is 30.0 Å². The van der Waals surface area contributed by atoms with Gasteiger partial charge < -0.3 is 5.73 Å². The maximum Gasteiger partial charge on any atom is 0.105 e. The first-order valence-electron chi connectivity index (χ1n) is 6.53. The van der Waals surface area contributed by atoms with Gasteiger partial charge in [0.1, 0.15) is 5.03 Å². The molecule has 3 rings (SSSR count). The first kappa shape index (κ1) is 13.1. The zero-order chi connectivity index (χ0) is 13.8. The van der Waals surface area contributed by atoms with Crippen molar-refractivity contribution in [3.05, 3.63) is 60.4 Å². The van der Waals surface area contributed by atoms with Crippen molar-refractivity contribution in [3.8, 4) is 0 Å². The molecular formula is C16H15N3S. The molecule has 3 aromatic rings. The number of hydrogen-bond acceptors (Lipinski definition) is 4. The van der Waals surface area contributed by atoms with Gasteiger partial charge in [-0.15, -0.1) is 0 Å². The fourth-order valence-electron chi connectivity index (χ4n) is 2.08. The summed E-state index contributed by atoms with van der Waals surface area (Å²) in [6.45, 7) is 0.629. The molecule has 2 heterocycles. The number of nitrogens with zero attached hydrogens (tertiary/aromatic N) is 2. The lowest BCUT2D eigenvalue weighted by molar-refractivity contribution is 0.922. The van der Waals surface area contributed by atoms with Gasteiger partial charge in [-0.25, -0.2) is 4.98 Å². The lowest BCUT2D eigenvalue weighted by atomic mass is 10.1. The van der Waals surface area contributed by atoms with Gasteiger partial charge in [0, 0.05) is 22.7 Å². The Morgan fingerprint density at radius 3 is 2.65 bits per heavy atom. The monoisotopic (exact) mass is 281 g/mol. The quantitative estimate of drug-likeness (QED) is 0.797. The molecule has 1 aromatic carbocycles. The van der Waals surface area contributed by atoms with E-state index in [2.05, 4.69) is 17.1 Å². The molecule has 0 atom stereocenters. The predicted molar refractivity (Wildman–Crippen MR) is 82.9 cm³/mol. The van der Waals surface area contributed by atoms with Crippen molar-refractivity contribution in [2.75, 3.05) is 6.54 Å². The number of pyridine rings is 2. The van der Waals surface area contributed by atoms with Crippen molar-refractivity contribution in [2.24, 2.45) is 5.73 Å². The number of rotatable bonds is 4. The van der Waals surface area contributed by atoms with Crippen LogP contribution in [0.1, 0.15) is 5.56 Å². The second-order valence-corrected chi connectivity index (χ2v) is 5.53. The highest BCUT2D eigenvalue weighted by Crippen LogP contribution is 2.30. The first-order valence-corrected chi connectivity index (χ1v) is 7.35. The van der Waals surface area contributed by atoms with Crippen molar-refractivity contribution in [2.45, 2.75) is 16.3 Å². The third-order valence-electron chi connectivity index (χ3n) is 3.04. The van der Waals surface area contributed by atoms with E-state index in [0.717, 1.165) is 27.2 Å². The number of para-hydroxylation sites is 1. The average molecular weight is 281 g/mol. The molecule has 0 saturated carbocycles. The molecule has 0 amide bonds. The largest absolute Gasteiger partial charge is 0.330 e. The molecule has 0 aliphatic rings. The van der Waals surface area contributed by atoms with Gasteiger partial charge in [-0.05, 0) is 42.8 Å². The molecule has 100 valence electrons. The van der Waals surface area contributed by atoms with Crippen LogP contribution in [0.2, 0.25) is 0 Å². The fourth-order valence-corrected chi connectivity index (χ4v) is 3.00. The molecule has 0 bridgehead atoms. The number of fused-ring (bicyclic) bond motifs is 1. The van der Waals surface area contributed by atoms with E-state index in [-0.39, 0.29) is 0 Å². The maximum absolute atomic E-state index is 5.72. The minimum absolute atomic E-state index is 0.629. The summed E-state index contributed by atoms with van der Waals surface area (Å²) in [4.78, 5) is 9.96. The van der Waals surface area contributed by atoms with Crippen molar-refractivity contribution in [3.63, 3.8) is 0 Å². The molecule has 3 nitrogen and oxygen atoms in total. The Hall–Kier alpha value is -1.91. The summed E-state index contributed by atoms with van der Waals surface area (Å²) in [5.74, 6) is 0. The Balaban J connectivity index is 2.05. The van der Waals surface area contributed by atoms with Crippen molar-refractivity contribution < 1.29 is 0 Å². The molecule has 0 saturated heterocycles. The third kappa shape index (κ3) is 2.81. The van der Waals surface area contributed by atoms with Crippen LogP contribution in [0.15, 0.2) is 64.8 Å². The predicted octanol–water partition coefficient (Wildman–Crippen LogP) is 3.28. The zero-order valence-electron chi connectivity index (χ0n) is 11.0. The van der Waals surface area contributed by atoms with E-state index in [1.54, 1.807) is 24.2 Å². The van der Waals surface area contributed by atoms with Crippen LogP contribution in [0.3, 0.4) is 0 Å². The van der Waals surface area contributed by atoms with Crippen molar-refractivity contribution >= 4 is 22.7 Å². The van der Waals surface area contributed by atoms with E-state index < -0.39 is 0 Å². The molecule has 0 unspecified atom stereocenters. The van der Waals surface area contributed by atoms with Gasteiger partial charge in [0.15, 0.2) is 0 Å². The molecule has 0 radical (unpaired) electrons. The summed E-state index contributed by atoms with van der Waals surface area (Å²) in [5, 5.41) is 2.19. The van der Waals surface area contributed by atoms with E-state index in [0.29, 0.717) is 6.54 Å². The standard InChI is InChI=1S/C16H15N3S/c17-8-5-13-11-12-3-1-2-4-15(12)19-16(13)20-14-6-9-18-10-7-14/h1-4,6-7,9-11H,5,8,17H2. The zero-order valence-corrected chi connectivity index (χ0v) is 11.8. The maximum atomic E-state index is 5.72. The smallest absolute Gasteiger partial charge is 0.105 e. The van der Waals surface area contributed by atoms with E-state index in [1.807, 2.05) is 30.3 Å². The molecular weight excluding hydrogens is 266 g/mol. The van der Waals surface area contributed by atoms with E-state index >= 15 is 0 Å². The van der Waals surface area contributed by atoms with Gasteiger partial charge in [-0.2, -0.15) is 0 Å². The summed E-state index contributed by atoms with van der Waals surface area (Å²) >= 11 is 1.66. The molecule has 4 heteroatoms.